The van der Waals surface area contributed by atoms with Crippen molar-refractivity contribution in [2.75, 3.05) is 0 Å². The van der Waals surface area contributed by atoms with Gasteiger partial charge in [-0.2, -0.15) is 0 Å². The highest BCUT2D eigenvalue weighted by Crippen LogP contribution is 2.37. The first-order valence-corrected chi connectivity index (χ1v) is 6.82. The molecule has 106 valence electrons. The van der Waals surface area contributed by atoms with E-state index in [2.05, 4.69) is 15.1 Å². The van der Waals surface area contributed by atoms with Crippen molar-refractivity contribution < 1.29 is 5.11 Å². The van der Waals surface area contributed by atoms with E-state index >= 15 is 0 Å². The highest BCUT2D eigenvalue weighted by Gasteiger charge is 2.17. The summed E-state index contributed by atoms with van der Waals surface area (Å²) in [7, 11) is 1.73. The normalized spacial score (nSPS) is 10.8. The number of aromatic hydroxyl groups is 1. The Balaban J connectivity index is 2.15. The molecule has 0 fully saturated rings. The molecule has 2 aromatic heterocycles. The van der Waals surface area contributed by atoms with E-state index in [1.54, 1.807) is 24.0 Å². The summed E-state index contributed by atoms with van der Waals surface area (Å²) in [5.74, 6) is 0.838. The van der Waals surface area contributed by atoms with Gasteiger partial charge in [0, 0.05) is 18.3 Å². The lowest BCUT2D eigenvalue weighted by atomic mass is 10.2. The summed E-state index contributed by atoms with van der Waals surface area (Å²) in [4.78, 5) is 8.61. The smallest absolute Gasteiger partial charge is 0.200 e. The van der Waals surface area contributed by atoms with Crippen LogP contribution in [0.15, 0.2) is 36.5 Å². The van der Waals surface area contributed by atoms with Crippen molar-refractivity contribution in [2.45, 2.75) is 0 Å². The van der Waals surface area contributed by atoms with Gasteiger partial charge in [-0.1, -0.05) is 29.3 Å². The minimum atomic E-state index is -0.0795. The summed E-state index contributed by atoms with van der Waals surface area (Å²) in [6, 6.07) is 8.54. The zero-order valence-electron chi connectivity index (χ0n) is 11.0. The highest BCUT2D eigenvalue weighted by molar-refractivity contribution is 6.36. The van der Waals surface area contributed by atoms with Crippen LogP contribution in [-0.2, 0) is 7.05 Å². The number of phenolic OH excluding ortho intramolecular Hbond substituents is 1. The molecule has 5 nitrogen and oxygen atoms in total. The molecule has 1 aromatic carbocycles. The molecule has 0 unspecified atom stereocenters. The summed E-state index contributed by atoms with van der Waals surface area (Å²) in [6.45, 7) is 0. The molecule has 21 heavy (non-hydrogen) atoms. The zero-order valence-corrected chi connectivity index (χ0v) is 12.5. The highest BCUT2D eigenvalue weighted by atomic mass is 35.5. The predicted octanol–water partition coefficient (Wildman–Crippen LogP) is 3.56. The van der Waals surface area contributed by atoms with E-state index in [0.717, 1.165) is 0 Å². The van der Waals surface area contributed by atoms with Gasteiger partial charge < -0.3 is 5.11 Å². The van der Waals surface area contributed by atoms with E-state index in [-0.39, 0.29) is 10.8 Å². The van der Waals surface area contributed by atoms with Gasteiger partial charge in [-0.3, -0.25) is 4.98 Å². The number of halogens is 2. The molecular formula is C14H10Cl2N4O. The quantitative estimate of drug-likeness (QED) is 0.784. The molecule has 7 heteroatoms. The Labute approximate surface area is 130 Å². The summed E-state index contributed by atoms with van der Waals surface area (Å²) in [6.07, 6.45) is 1.67. The van der Waals surface area contributed by atoms with Crippen LogP contribution < -0.4 is 0 Å². The topological polar surface area (TPSA) is 63.8 Å². The van der Waals surface area contributed by atoms with Gasteiger partial charge in [0.1, 0.15) is 11.4 Å². The lowest BCUT2D eigenvalue weighted by molar-refractivity contribution is 0.476. The molecule has 0 aliphatic carbocycles. The number of hydrogen-bond donors (Lipinski definition) is 1. The van der Waals surface area contributed by atoms with Crippen LogP contribution in [0.4, 0.5) is 0 Å². The first kappa shape index (κ1) is 13.9. The Kier molecular flexibility index (Phi) is 3.53. The Morgan fingerprint density at radius 1 is 1.19 bits per heavy atom. The van der Waals surface area contributed by atoms with Crippen LogP contribution in [0.5, 0.6) is 5.75 Å². The summed E-state index contributed by atoms with van der Waals surface area (Å²) < 4.78 is 1.55. The first-order valence-electron chi connectivity index (χ1n) is 6.07. The van der Waals surface area contributed by atoms with Crippen molar-refractivity contribution in [1.82, 2.24) is 19.7 Å². The zero-order chi connectivity index (χ0) is 15.0. The second kappa shape index (κ2) is 5.35. The molecule has 1 N–H and O–H groups in total. The van der Waals surface area contributed by atoms with Crippen molar-refractivity contribution in [2.24, 2.45) is 7.05 Å². The van der Waals surface area contributed by atoms with Crippen LogP contribution in [0.2, 0.25) is 10.0 Å². The summed E-state index contributed by atoms with van der Waals surface area (Å²) in [5, 5.41) is 15.0. The summed E-state index contributed by atoms with van der Waals surface area (Å²) in [5.41, 5.74) is 1.07. The molecule has 0 bridgehead atoms. The van der Waals surface area contributed by atoms with Gasteiger partial charge in [0.25, 0.3) is 0 Å². The van der Waals surface area contributed by atoms with E-state index < -0.39 is 0 Å². The fraction of sp³-hybridized carbons (Fsp3) is 0.0714. The van der Waals surface area contributed by atoms with Gasteiger partial charge in [-0.15, -0.1) is 5.10 Å². The average molecular weight is 321 g/mol. The minimum Gasteiger partial charge on any atom is -0.506 e. The molecule has 3 rings (SSSR count). The lowest BCUT2D eigenvalue weighted by Crippen LogP contribution is -1.95. The van der Waals surface area contributed by atoms with E-state index in [9.17, 15) is 5.11 Å². The number of aryl methyl sites for hydroxylation is 1. The van der Waals surface area contributed by atoms with Crippen LogP contribution in [-0.4, -0.2) is 24.9 Å². The molecule has 0 saturated carbocycles. The number of nitrogens with zero attached hydrogens (tertiary/aromatic N) is 4. The first-order chi connectivity index (χ1) is 10.1. The molecule has 0 amide bonds. The van der Waals surface area contributed by atoms with Crippen molar-refractivity contribution in [3.8, 4) is 28.7 Å². The van der Waals surface area contributed by atoms with Crippen molar-refractivity contribution in [1.29, 1.82) is 0 Å². The van der Waals surface area contributed by atoms with Crippen LogP contribution in [0.1, 0.15) is 0 Å². The van der Waals surface area contributed by atoms with Gasteiger partial charge in [0.05, 0.1) is 10.6 Å². The maximum Gasteiger partial charge on any atom is 0.200 e. The number of benzene rings is 1. The van der Waals surface area contributed by atoms with E-state index in [1.807, 2.05) is 18.2 Å². The molecule has 0 spiro atoms. The fourth-order valence-electron chi connectivity index (χ4n) is 1.96. The minimum absolute atomic E-state index is 0.0795. The van der Waals surface area contributed by atoms with E-state index in [1.165, 1.54) is 6.07 Å². The third-order valence-electron chi connectivity index (χ3n) is 2.93. The number of aromatic nitrogens is 4. The monoisotopic (exact) mass is 320 g/mol. The number of rotatable bonds is 2. The van der Waals surface area contributed by atoms with Gasteiger partial charge >= 0.3 is 0 Å². The van der Waals surface area contributed by atoms with Crippen LogP contribution in [0.3, 0.4) is 0 Å². The average Bonchev–Trinajstić information content (AvgIpc) is 2.86. The largest absolute Gasteiger partial charge is 0.506 e. The second-order valence-electron chi connectivity index (χ2n) is 4.38. The molecule has 0 aliphatic rings. The Hall–Kier alpha value is -2.11. The van der Waals surface area contributed by atoms with E-state index in [4.69, 9.17) is 23.2 Å². The molecule has 0 atom stereocenters. The third kappa shape index (κ3) is 2.57. The number of phenols is 1. The van der Waals surface area contributed by atoms with Gasteiger partial charge in [0.15, 0.2) is 11.6 Å². The molecule has 0 aliphatic heterocycles. The molecular weight excluding hydrogens is 311 g/mol. The molecule has 3 aromatic rings. The van der Waals surface area contributed by atoms with Crippen LogP contribution in [0, 0.1) is 0 Å². The standard InChI is InChI=1S/C14H10Cl2N4O/c1-20-14(9-6-8(15)7-10(16)12(9)21)18-13(19-20)11-4-2-3-5-17-11/h2-7,21H,1H3. The molecule has 0 saturated heterocycles. The summed E-state index contributed by atoms with van der Waals surface area (Å²) >= 11 is 11.9. The second-order valence-corrected chi connectivity index (χ2v) is 5.23. The number of hydrogen-bond acceptors (Lipinski definition) is 4. The maximum absolute atomic E-state index is 10.1. The van der Waals surface area contributed by atoms with Crippen LogP contribution >= 0.6 is 23.2 Å². The Morgan fingerprint density at radius 2 is 2.00 bits per heavy atom. The van der Waals surface area contributed by atoms with Crippen LogP contribution in [0.25, 0.3) is 22.9 Å². The Morgan fingerprint density at radius 3 is 2.71 bits per heavy atom. The fourth-order valence-corrected chi connectivity index (χ4v) is 2.45. The molecule has 2 heterocycles. The van der Waals surface area contributed by atoms with Crippen molar-refractivity contribution >= 4 is 23.2 Å². The predicted molar refractivity (Wildman–Crippen MR) is 81.4 cm³/mol. The van der Waals surface area contributed by atoms with E-state index in [0.29, 0.717) is 27.9 Å². The maximum atomic E-state index is 10.1. The Bertz CT molecular complexity index is 802. The van der Waals surface area contributed by atoms with Gasteiger partial charge in [-0.05, 0) is 24.3 Å². The third-order valence-corrected chi connectivity index (χ3v) is 3.43. The van der Waals surface area contributed by atoms with Gasteiger partial charge in [0.2, 0.25) is 0 Å². The molecule has 0 radical (unpaired) electrons. The SMILES string of the molecule is Cn1nc(-c2ccccn2)nc1-c1cc(Cl)cc(Cl)c1O. The van der Waals surface area contributed by atoms with Gasteiger partial charge in [-0.25, -0.2) is 9.67 Å². The van der Waals surface area contributed by atoms with Crippen molar-refractivity contribution in [3.05, 3.63) is 46.6 Å². The number of pyridine rings is 1. The van der Waals surface area contributed by atoms with Crippen molar-refractivity contribution in [3.63, 3.8) is 0 Å². The lowest BCUT2D eigenvalue weighted by Gasteiger charge is -2.05.